The third-order valence-corrected chi connectivity index (χ3v) is 3.26. The van der Waals surface area contributed by atoms with E-state index in [1.54, 1.807) is 48.5 Å². The molecule has 0 saturated carbocycles. The number of halogens is 1. The summed E-state index contributed by atoms with van der Waals surface area (Å²) < 4.78 is 6.03. The molecule has 0 saturated heterocycles. The van der Waals surface area contributed by atoms with E-state index in [0.717, 1.165) is 4.47 Å². The van der Waals surface area contributed by atoms with Crippen LogP contribution in [0, 0.1) is 0 Å². The van der Waals surface area contributed by atoms with Crippen molar-refractivity contribution in [1.29, 1.82) is 0 Å². The molecule has 0 spiro atoms. The van der Waals surface area contributed by atoms with Gasteiger partial charge in [0, 0.05) is 4.47 Å². The number of aliphatic hydroxyl groups is 1. The van der Waals surface area contributed by atoms with Crippen LogP contribution in [0.4, 0.5) is 0 Å². The lowest BCUT2D eigenvalue weighted by Crippen LogP contribution is -2.16. The number of rotatable bonds is 4. The Balaban J connectivity index is 2.06. The summed E-state index contributed by atoms with van der Waals surface area (Å²) in [7, 11) is 0. The van der Waals surface area contributed by atoms with Crippen LogP contribution in [0.1, 0.15) is 11.7 Å². The van der Waals surface area contributed by atoms with E-state index in [4.69, 9.17) is 4.74 Å². The van der Waals surface area contributed by atoms with Gasteiger partial charge in [-0.25, -0.2) is 4.79 Å². The monoisotopic (exact) mass is 332 g/mol. The van der Waals surface area contributed by atoms with E-state index in [9.17, 15) is 9.90 Å². The molecule has 0 aliphatic heterocycles. The van der Waals surface area contributed by atoms with Crippen LogP contribution < -0.4 is 4.74 Å². The zero-order valence-corrected chi connectivity index (χ0v) is 12.2. The molecule has 2 aromatic carbocycles. The summed E-state index contributed by atoms with van der Waals surface area (Å²) in [5.41, 5.74) is 0.583. The molecule has 0 bridgehead atoms. The number of para-hydroxylation sites is 1. The molecule has 4 heteroatoms. The maximum atomic E-state index is 11.9. The van der Waals surface area contributed by atoms with Crippen molar-refractivity contribution < 1.29 is 14.6 Å². The van der Waals surface area contributed by atoms with E-state index in [1.807, 2.05) is 6.07 Å². The SMILES string of the molecule is C=C(C(=O)Oc1ccccc1)C(O)c1ccc(Br)cc1. The summed E-state index contributed by atoms with van der Waals surface area (Å²) in [4.78, 5) is 11.9. The first kappa shape index (κ1) is 14.5. The normalized spacial score (nSPS) is 11.7. The van der Waals surface area contributed by atoms with E-state index in [2.05, 4.69) is 22.5 Å². The molecule has 2 aromatic rings. The topological polar surface area (TPSA) is 46.5 Å². The summed E-state index contributed by atoms with van der Waals surface area (Å²) in [5, 5.41) is 10.1. The van der Waals surface area contributed by atoms with Crippen molar-refractivity contribution >= 4 is 21.9 Å². The number of aliphatic hydroxyl groups excluding tert-OH is 1. The quantitative estimate of drug-likeness (QED) is 0.528. The lowest BCUT2D eigenvalue weighted by Gasteiger charge is -2.13. The first-order valence-electron chi connectivity index (χ1n) is 5.97. The Bertz CT molecular complexity index is 605. The summed E-state index contributed by atoms with van der Waals surface area (Å²) in [6.45, 7) is 3.61. The summed E-state index contributed by atoms with van der Waals surface area (Å²) in [6, 6.07) is 15.7. The second-order valence-corrected chi connectivity index (χ2v) is 5.10. The molecule has 1 N–H and O–H groups in total. The van der Waals surface area contributed by atoms with Gasteiger partial charge in [0.25, 0.3) is 0 Å². The van der Waals surface area contributed by atoms with Gasteiger partial charge in [0.05, 0.1) is 5.57 Å². The van der Waals surface area contributed by atoms with Crippen molar-refractivity contribution in [2.75, 3.05) is 0 Å². The van der Waals surface area contributed by atoms with Gasteiger partial charge in [-0.2, -0.15) is 0 Å². The van der Waals surface area contributed by atoms with Crippen molar-refractivity contribution in [2.24, 2.45) is 0 Å². The number of esters is 1. The fraction of sp³-hybridized carbons (Fsp3) is 0.0625. The highest BCUT2D eigenvalue weighted by Crippen LogP contribution is 2.23. The number of carbonyl (C=O) groups excluding carboxylic acids is 1. The van der Waals surface area contributed by atoms with Crippen LogP contribution in [0.2, 0.25) is 0 Å². The number of benzene rings is 2. The van der Waals surface area contributed by atoms with Crippen LogP contribution in [0.3, 0.4) is 0 Å². The molecular weight excluding hydrogens is 320 g/mol. The third kappa shape index (κ3) is 3.56. The molecule has 0 aromatic heterocycles. The van der Waals surface area contributed by atoms with Gasteiger partial charge in [0.15, 0.2) is 0 Å². The van der Waals surface area contributed by atoms with E-state index >= 15 is 0 Å². The average Bonchev–Trinajstić information content (AvgIpc) is 2.47. The van der Waals surface area contributed by atoms with Crippen LogP contribution in [-0.4, -0.2) is 11.1 Å². The smallest absolute Gasteiger partial charge is 0.341 e. The molecule has 0 aliphatic carbocycles. The molecule has 3 nitrogen and oxygen atoms in total. The second-order valence-electron chi connectivity index (χ2n) is 4.18. The van der Waals surface area contributed by atoms with Gasteiger partial charge in [0.2, 0.25) is 0 Å². The third-order valence-electron chi connectivity index (χ3n) is 2.73. The van der Waals surface area contributed by atoms with Crippen molar-refractivity contribution in [3.8, 4) is 5.75 Å². The first-order valence-corrected chi connectivity index (χ1v) is 6.77. The Labute approximate surface area is 125 Å². The zero-order chi connectivity index (χ0) is 14.5. The molecule has 0 aliphatic rings. The minimum absolute atomic E-state index is 0.00354. The fourth-order valence-electron chi connectivity index (χ4n) is 1.62. The molecule has 0 fully saturated rings. The predicted molar refractivity (Wildman–Crippen MR) is 80.3 cm³/mol. The second kappa shape index (κ2) is 6.50. The van der Waals surface area contributed by atoms with Crippen LogP contribution in [-0.2, 0) is 4.79 Å². The maximum Gasteiger partial charge on any atom is 0.341 e. The van der Waals surface area contributed by atoms with Crippen molar-refractivity contribution in [2.45, 2.75) is 6.10 Å². The maximum absolute atomic E-state index is 11.9. The Morgan fingerprint density at radius 3 is 2.30 bits per heavy atom. The summed E-state index contributed by atoms with van der Waals surface area (Å²) in [5.74, 6) is -0.228. The molecule has 102 valence electrons. The Kier molecular flexibility index (Phi) is 4.71. The van der Waals surface area contributed by atoms with Gasteiger partial charge in [-0.1, -0.05) is 52.8 Å². The van der Waals surface area contributed by atoms with Crippen LogP contribution >= 0.6 is 15.9 Å². The zero-order valence-electron chi connectivity index (χ0n) is 10.6. The molecule has 0 radical (unpaired) electrons. The Morgan fingerprint density at radius 1 is 1.10 bits per heavy atom. The highest BCUT2D eigenvalue weighted by atomic mass is 79.9. The van der Waals surface area contributed by atoms with E-state index in [-0.39, 0.29) is 5.57 Å². The van der Waals surface area contributed by atoms with E-state index < -0.39 is 12.1 Å². The van der Waals surface area contributed by atoms with Crippen LogP contribution in [0.15, 0.2) is 71.2 Å². The number of ether oxygens (including phenoxy) is 1. The number of hydrogen-bond acceptors (Lipinski definition) is 3. The average molecular weight is 333 g/mol. The van der Waals surface area contributed by atoms with Gasteiger partial charge in [-0.15, -0.1) is 0 Å². The summed E-state index contributed by atoms with van der Waals surface area (Å²) in [6.07, 6.45) is -1.08. The molecule has 0 amide bonds. The highest BCUT2D eigenvalue weighted by molar-refractivity contribution is 9.10. The van der Waals surface area contributed by atoms with Crippen molar-refractivity contribution in [1.82, 2.24) is 0 Å². The van der Waals surface area contributed by atoms with Crippen LogP contribution in [0.25, 0.3) is 0 Å². The Morgan fingerprint density at radius 2 is 1.70 bits per heavy atom. The van der Waals surface area contributed by atoms with E-state index in [0.29, 0.717) is 11.3 Å². The minimum atomic E-state index is -1.08. The Hall–Kier alpha value is -1.91. The van der Waals surface area contributed by atoms with Gasteiger partial charge < -0.3 is 9.84 Å². The summed E-state index contributed by atoms with van der Waals surface area (Å²) >= 11 is 3.31. The fourth-order valence-corrected chi connectivity index (χ4v) is 1.88. The first-order chi connectivity index (χ1) is 9.58. The molecule has 1 atom stereocenters. The molecule has 0 heterocycles. The van der Waals surface area contributed by atoms with E-state index in [1.165, 1.54) is 0 Å². The lowest BCUT2D eigenvalue weighted by molar-refractivity contribution is -0.131. The van der Waals surface area contributed by atoms with Crippen molar-refractivity contribution in [3.63, 3.8) is 0 Å². The molecule has 1 unspecified atom stereocenters. The minimum Gasteiger partial charge on any atom is -0.423 e. The predicted octanol–water partition coefficient (Wildman–Crippen LogP) is 3.64. The van der Waals surface area contributed by atoms with Gasteiger partial charge >= 0.3 is 5.97 Å². The molecular formula is C16H13BrO3. The number of carbonyl (C=O) groups is 1. The van der Waals surface area contributed by atoms with Gasteiger partial charge in [-0.05, 0) is 29.8 Å². The lowest BCUT2D eigenvalue weighted by atomic mass is 10.0. The van der Waals surface area contributed by atoms with Crippen LogP contribution in [0.5, 0.6) is 5.75 Å². The van der Waals surface area contributed by atoms with Gasteiger partial charge in [-0.3, -0.25) is 0 Å². The standard InChI is InChI=1S/C16H13BrO3/c1-11(15(18)12-7-9-13(17)10-8-12)16(19)20-14-5-3-2-4-6-14/h2-10,15,18H,1H2. The molecule has 20 heavy (non-hydrogen) atoms. The number of hydrogen-bond donors (Lipinski definition) is 1. The van der Waals surface area contributed by atoms with Gasteiger partial charge in [0.1, 0.15) is 11.9 Å². The largest absolute Gasteiger partial charge is 0.423 e. The van der Waals surface area contributed by atoms with Crippen molar-refractivity contribution in [3.05, 3.63) is 76.8 Å². The highest BCUT2D eigenvalue weighted by Gasteiger charge is 2.20. The molecule has 2 rings (SSSR count).